The van der Waals surface area contributed by atoms with Crippen LogP contribution in [0.15, 0.2) is 23.6 Å². The number of nitrogens with one attached hydrogen (secondary N) is 1. The maximum absolute atomic E-state index is 12.1. The van der Waals surface area contributed by atoms with Crippen molar-refractivity contribution < 1.29 is 23.8 Å². The number of carbonyl (C=O) groups is 2. The molecule has 1 aliphatic rings. The van der Waals surface area contributed by atoms with Crippen molar-refractivity contribution in [2.24, 2.45) is 0 Å². The largest absolute Gasteiger partial charge is 0.491 e. The molecule has 1 aromatic heterocycles. The molecular weight excluding hydrogens is 316 g/mol. The number of methoxy groups -OCH3 is 3. The summed E-state index contributed by atoms with van der Waals surface area (Å²) in [6.07, 6.45) is 2.88. The fourth-order valence-electron chi connectivity index (χ4n) is 2.09. The predicted molar refractivity (Wildman–Crippen MR) is 87.6 cm³/mol. The molecule has 132 valence electrons. The molecule has 0 aromatic carbocycles. The summed E-state index contributed by atoms with van der Waals surface area (Å²) in [4.78, 5) is 35.8. The summed E-state index contributed by atoms with van der Waals surface area (Å²) in [6, 6.07) is -0.285. The standard InChI is InChI=1S/C13H14N2O5.C3H8O/c1-4-7-5-15-6-8(13(18)20-3)10(16)11(19-2)9(15)12(17)14-7;1-3-4-2/h4,6-7H,1,5H2,2-3H3,(H,14,17);3H2,1-2H3. The van der Waals surface area contributed by atoms with Crippen molar-refractivity contribution in [2.45, 2.75) is 19.5 Å². The summed E-state index contributed by atoms with van der Waals surface area (Å²) in [6.45, 7) is 6.74. The minimum absolute atomic E-state index is 0.0863. The lowest BCUT2D eigenvalue weighted by Gasteiger charge is -2.26. The highest BCUT2D eigenvalue weighted by Gasteiger charge is 2.30. The van der Waals surface area contributed by atoms with E-state index in [-0.39, 0.29) is 23.0 Å². The number of hydrogen-bond acceptors (Lipinski definition) is 6. The summed E-state index contributed by atoms with van der Waals surface area (Å²) >= 11 is 0. The van der Waals surface area contributed by atoms with Gasteiger partial charge in [-0.05, 0) is 6.92 Å². The van der Waals surface area contributed by atoms with Gasteiger partial charge in [-0.3, -0.25) is 9.59 Å². The smallest absolute Gasteiger partial charge is 0.343 e. The number of pyridine rings is 1. The van der Waals surface area contributed by atoms with Gasteiger partial charge in [0.1, 0.15) is 5.56 Å². The zero-order valence-corrected chi connectivity index (χ0v) is 14.3. The second kappa shape index (κ2) is 8.88. The molecule has 0 spiro atoms. The lowest BCUT2D eigenvalue weighted by Crippen LogP contribution is -2.45. The topological polar surface area (TPSA) is 95.9 Å². The van der Waals surface area contributed by atoms with E-state index in [4.69, 9.17) is 4.74 Å². The SMILES string of the molecule is C=CC1Cn2cc(C(=O)OC)c(=O)c(OC)c2C(=O)N1.CCOC. The first kappa shape index (κ1) is 19.4. The van der Waals surface area contributed by atoms with E-state index in [1.165, 1.54) is 25.0 Å². The van der Waals surface area contributed by atoms with Crippen molar-refractivity contribution in [3.8, 4) is 5.75 Å². The van der Waals surface area contributed by atoms with Gasteiger partial charge in [-0.25, -0.2) is 4.79 Å². The van der Waals surface area contributed by atoms with Gasteiger partial charge in [-0.1, -0.05) is 6.08 Å². The Balaban J connectivity index is 0.000000648. The van der Waals surface area contributed by atoms with Gasteiger partial charge in [0.05, 0.1) is 20.3 Å². The van der Waals surface area contributed by atoms with Crippen LogP contribution in [0.3, 0.4) is 0 Å². The van der Waals surface area contributed by atoms with E-state index in [1.54, 1.807) is 13.2 Å². The third-order valence-electron chi connectivity index (χ3n) is 3.35. The normalized spacial score (nSPS) is 15.3. The molecule has 24 heavy (non-hydrogen) atoms. The minimum Gasteiger partial charge on any atom is -0.491 e. The van der Waals surface area contributed by atoms with Crippen molar-refractivity contribution in [2.75, 3.05) is 27.9 Å². The van der Waals surface area contributed by atoms with E-state index in [0.29, 0.717) is 6.54 Å². The Morgan fingerprint density at radius 3 is 2.50 bits per heavy atom. The Morgan fingerprint density at radius 2 is 2.04 bits per heavy atom. The van der Waals surface area contributed by atoms with Crippen molar-refractivity contribution in [3.63, 3.8) is 0 Å². The van der Waals surface area contributed by atoms with E-state index in [9.17, 15) is 14.4 Å². The molecular formula is C16H22N2O6. The molecule has 8 heteroatoms. The summed E-state index contributed by atoms with van der Waals surface area (Å²) < 4.78 is 15.6. The van der Waals surface area contributed by atoms with Gasteiger partial charge in [0.25, 0.3) is 5.91 Å². The first-order chi connectivity index (χ1) is 11.4. The molecule has 0 fully saturated rings. The first-order valence-corrected chi connectivity index (χ1v) is 7.27. The monoisotopic (exact) mass is 338 g/mol. The number of nitrogens with zero attached hydrogens (tertiary/aromatic N) is 1. The van der Waals surface area contributed by atoms with E-state index in [1.807, 2.05) is 6.92 Å². The summed E-state index contributed by atoms with van der Waals surface area (Å²) in [5.74, 6) is -1.40. The number of rotatable bonds is 4. The third-order valence-corrected chi connectivity index (χ3v) is 3.35. The molecule has 0 saturated heterocycles. The molecule has 8 nitrogen and oxygen atoms in total. The van der Waals surface area contributed by atoms with E-state index < -0.39 is 17.3 Å². The second-order valence-corrected chi connectivity index (χ2v) is 4.79. The number of carbonyl (C=O) groups excluding carboxylic acids is 2. The highest BCUT2D eigenvalue weighted by molar-refractivity contribution is 5.98. The highest BCUT2D eigenvalue weighted by Crippen LogP contribution is 2.19. The van der Waals surface area contributed by atoms with Crippen LogP contribution in [0.1, 0.15) is 27.8 Å². The zero-order valence-electron chi connectivity index (χ0n) is 14.3. The molecule has 0 radical (unpaired) electrons. The predicted octanol–water partition coefficient (Wildman–Crippen LogP) is 0.594. The minimum atomic E-state index is -0.773. The van der Waals surface area contributed by atoms with Crippen LogP contribution >= 0.6 is 0 Å². The van der Waals surface area contributed by atoms with Crippen molar-refractivity contribution in [3.05, 3.63) is 40.3 Å². The van der Waals surface area contributed by atoms with Crippen LogP contribution < -0.4 is 15.5 Å². The molecule has 0 aliphatic carbocycles. The summed E-state index contributed by atoms with van der Waals surface area (Å²) in [5.41, 5.74) is -0.758. The van der Waals surface area contributed by atoms with Gasteiger partial charge in [-0.2, -0.15) is 0 Å². The number of hydrogen-bond donors (Lipinski definition) is 1. The number of amides is 1. The Hall–Kier alpha value is -2.61. The number of ether oxygens (including phenoxy) is 3. The number of fused-ring (bicyclic) bond motifs is 1. The molecule has 1 N–H and O–H groups in total. The molecule has 1 atom stereocenters. The molecule has 1 aromatic rings. The van der Waals surface area contributed by atoms with E-state index >= 15 is 0 Å². The molecule has 2 rings (SSSR count). The van der Waals surface area contributed by atoms with E-state index in [2.05, 4.69) is 21.4 Å². The fourth-order valence-corrected chi connectivity index (χ4v) is 2.09. The second-order valence-electron chi connectivity index (χ2n) is 4.79. The van der Waals surface area contributed by atoms with Crippen LogP contribution in [0.5, 0.6) is 5.75 Å². The fraction of sp³-hybridized carbons (Fsp3) is 0.438. The Kier molecular flexibility index (Phi) is 7.19. The van der Waals surface area contributed by atoms with Gasteiger partial charge in [0.2, 0.25) is 5.43 Å². The van der Waals surface area contributed by atoms with Crippen molar-refractivity contribution >= 4 is 11.9 Å². The first-order valence-electron chi connectivity index (χ1n) is 7.27. The Bertz CT molecular complexity index is 678. The molecule has 1 amide bonds. The summed E-state index contributed by atoms with van der Waals surface area (Å²) in [7, 11) is 4.13. The van der Waals surface area contributed by atoms with Crippen LogP contribution in [-0.2, 0) is 16.0 Å². The van der Waals surface area contributed by atoms with Crippen LogP contribution in [0.2, 0.25) is 0 Å². The van der Waals surface area contributed by atoms with Crippen LogP contribution in [0.25, 0.3) is 0 Å². The van der Waals surface area contributed by atoms with Crippen molar-refractivity contribution in [1.29, 1.82) is 0 Å². The van der Waals surface area contributed by atoms with Gasteiger partial charge in [0.15, 0.2) is 11.4 Å². The number of aromatic nitrogens is 1. The summed E-state index contributed by atoms with van der Waals surface area (Å²) in [5, 5.41) is 2.67. The highest BCUT2D eigenvalue weighted by atomic mass is 16.5. The Labute approximate surface area is 140 Å². The van der Waals surface area contributed by atoms with Gasteiger partial charge < -0.3 is 24.1 Å². The molecule has 1 unspecified atom stereocenters. The van der Waals surface area contributed by atoms with E-state index in [0.717, 1.165) is 6.61 Å². The lowest BCUT2D eigenvalue weighted by atomic mass is 10.1. The van der Waals surface area contributed by atoms with Crippen LogP contribution in [-0.4, -0.2) is 50.4 Å². The Morgan fingerprint density at radius 1 is 1.42 bits per heavy atom. The average Bonchev–Trinajstić information content (AvgIpc) is 2.60. The van der Waals surface area contributed by atoms with Gasteiger partial charge in [-0.15, -0.1) is 6.58 Å². The van der Waals surface area contributed by atoms with Crippen LogP contribution in [0.4, 0.5) is 0 Å². The van der Waals surface area contributed by atoms with Crippen molar-refractivity contribution in [1.82, 2.24) is 9.88 Å². The van der Waals surface area contributed by atoms with Crippen LogP contribution in [0, 0.1) is 0 Å². The maximum atomic E-state index is 12.1. The molecule has 0 saturated carbocycles. The quantitative estimate of drug-likeness (QED) is 0.638. The lowest BCUT2D eigenvalue weighted by molar-refractivity contribution is 0.0596. The molecule has 2 heterocycles. The molecule has 1 aliphatic heterocycles. The van der Waals surface area contributed by atoms with Gasteiger partial charge >= 0.3 is 5.97 Å². The molecule has 0 bridgehead atoms. The average molecular weight is 338 g/mol. The maximum Gasteiger partial charge on any atom is 0.343 e. The third kappa shape index (κ3) is 4.02. The van der Waals surface area contributed by atoms with Gasteiger partial charge in [0, 0.05) is 26.5 Å². The number of esters is 1. The zero-order chi connectivity index (χ0) is 18.3.